The number of nitrogens with zero attached hydrogens (tertiary/aromatic N) is 1. The van der Waals surface area contributed by atoms with Crippen LogP contribution in [0.3, 0.4) is 0 Å². The first-order chi connectivity index (χ1) is 5.35. The molecule has 0 amide bonds. The Balaban J connectivity index is 3.16. The Labute approximate surface area is 70.4 Å². The number of hydrogen-bond acceptors (Lipinski definition) is 1. The van der Waals surface area contributed by atoms with Crippen LogP contribution in [0.25, 0.3) is 0 Å². The first-order valence-corrected chi connectivity index (χ1v) is 4.72. The lowest BCUT2D eigenvalue weighted by atomic mass is 9.96. The molecule has 0 heterocycles. The highest BCUT2D eigenvalue weighted by Gasteiger charge is 2.01. The molecule has 0 saturated carbocycles. The Kier molecular flexibility index (Phi) is 7.24. The summed E-state index contributed by atoms with van der Waals surface area (Å²) in [7, 11) is 0. The molecule has 0 aliphatic rings. The predicted molar refractivity (Wildman–Crippen MR) is 48.2 cm³/mol. The van der Waals surface area contributed by atoms with Crippen LogP contribution in [0.5, 0.6) is 0 Å². The molecule has 0 aromatic rings. The molecule has 0 N–H and O–H groups in total. The third-order valence-electron chi connectivity index (χ3n) is 2.31. The van der Waals surface area contributed by atoms with Crippen molar-refractivity contribution in [1.82, 2.24) is 0 Å². The second-order valence-electron chi connectivity index (χ2n) is 3.09. The maximum atomic E-state index is 8.30. The number of rotatable bonds is 6. The Hall–Kier alpha value is -0.510. The summed E-state index contributed by atoms with van der Waals surface area (Å²) in [6.07, 6.45) is 6.97. The molecule has 1 heteroatoms. The minimum absolute atomic E-state index is 0.736. The van der Waals surface area contributed by atoms with Crippen LogP contribution in [-0.2, 0) is 0 Å². The predicted octanol–water partition coefficient (Wildman–Crippen LogP) is 3.51. The lowest BCUT2D eigenvalue weighted by molar-refractivity contribution is 0.435. The van der Waals surface area contributed by atoms with Crippen LogP contribution in [0.2, 0.25) is 0 Å². The molecular weight excluding hydrogens is 134 g/mol. The maximum Gasteiger partial charge on any atom is 0.0621 e. The van der Waals surface area contributed by atoms with E-state index in [4.69, 9.17) is 5.26 Å². The summed E-state index contributed by atoms with van der Waals surface area (Å²) >= 11 is 0. The first kappa shape index (κ1) is 10.5. The Bertz CT molecular complexity index is 109. The highest BCUT2D eigenvalue weighted by molar-refractivity contribution is 4.68. The van der Waals surface area contributed by atoms with E-state index in [2.05, 4.69) is 19.9 Å². The average molecular weight is 153 g/mol. The van der Waals surface area contributed by atoms with E-state index in [1.165, 1.54) is 25.7 Å². The number of unbranched alkanes of at least 4 members (excludes halogenated alkanes) is 2. The van der Waals surface area contributed by atoms with E-state index in [1.807, 2.05) is 0 Å². The van der Waals surface area contributed by atoms with Crippen LogP contribution in [-0.4, -0.2) is 0 Å². The van der Waals surface area contributed by atoms with E-state index in [1.54, 1.807) is 0 Å². The minimum Gasteiger partial charge on any atom is -0.198 e. The third kappa shape index (κ3) is 5.91. The standard InChI is InChI=1S/C10H19N/c1-3-10(4-2)8-6-5-7-9-11/h10H,3-8H2,1-2H3. The fourth-order valence-corrected chi connectivity index (χ4v) is 1.33. The molecule has 0 atom stereocenters. The van der Waals surface area contributed by atoms with Crippen LogP contribution < -0.4 is 0 Å². The van der Waals surface area contributed by atoms with E-state index in [-0.39, 0.29) is 0 Å². The molecule has 0 aliphatic heterocycles. The van der Waals surface area contributed by atoms with Crippen molar-refractivity contribution in [2.45, 2.75) is 52.4 Å². The Morgan fingerprint density at radius 2 is 1.82 bits per heavy atom. The molecule has 64 valence electrons. The van der Waals surface area contributed by atoms with Crippen molar-refractivity contribution in [1.29, 1.82) is 5.26 Å². The van der Waals surface area contributed by atoms with Gasteiger partial charge in [-0.3, -0.25) is 0 Å². The van der Waals surface area contributed by atoms with E-state index in [9.17, 15) is 0 Å². The van der Waals surface area contributed by atoms with Gasteiger partial charge in [0.25, 0.3) is 0 Å². The van der Waals surface area contributed by atoms with Crippen molar-refractivity contribution in [2.75, 3.05) is 0 Å². The molecule has 0 aromatic heterocycles. The van der Waals surface area contributed by atoms with Crippen LogP contribution in [0.15, 0.2) is 0 Å². The summed E-state index contributed by atoms with van der Waals surface area (Å²) in [6, 6.07) is 2.18. The molecule has 0 unspecified atom stereocenters. The van der Waals surface area contributed by atoms with Gasteiger partial charge in [0.15, 0.2) is 0 Å². The summed E-state index contributed by atoms with van der Waals surface area (Å²) in [5.41, 5.74) is 0. The molecule has 0 bridgehead atoms. The van der Waals surface area contributed by atoms with Gasteiger partial charge < -0.3 is 0 Å². The third-order valence-corrected chi connectivity index (χ3v) is 2.31. The molecule has 0 aliphatic carbocycles. The van der Waals surface area contributed by atoms with Crippen molar-refractivity contribution in [2.24, 2.45) is 5.92 Å². The molecule has 11 heavy (non-hydrogen) atoms. The van der Waals surface area contributed by atoms with Gasteiger partial charge in [0.1, 0.15) is 0 Å². The Morgan fingerprint density at radius 3 is 2.27 bits per heavy atom. The highest BCUT2D eigenvalue weighted by atomic mass is 14.2. The van der Waals surface area contributed by atoms with Gasteiger partial charge in [0.2, 0.25) is 0 Å². The van der Waals surface area contributed by atoms with Gasteiger partial charge in [-0.2, -0.15) is 5.26 Å². The SMILES string of the molecule is CCC(CC)CCCCC#N. The largest absolute Gasteiger partial charge is 0.198 e. The van der Waals surface area contributed by atoms with Gasteiger partial charge in [-0.25, -0.2) is 0 Å². The zero-order chi connectivity index (χ0) is 8.53. The zero-order valence-electron chi connectivity index (χ0n) is 7.77. The molecule has 1 nitrogen and oxygen atoms in total. The topological polar surface area (TPSA) is 23.8 Å². The van der Waals surface area contributed by atoms with Crippen molar-refractivity contribution < 1.29 is 0 Å². The van der Waals surface area contributed by atoms with Crippen molar-refractivity contribution >= 4 is 0 Å². The summed E-state index contributed by atoms with van der Waals surface area (Å²) in [6.45, 7) is 4.50. The van der Waals surface area contributed by atoms with Gasteiger partial charge in [-0.05, 0) is 12.3 Å². The monoisotopic (exact) mass is 153 g/mol. The van der Waals surface area contributed by atoms with Gasteiger partial charge in [-0.15, -0.1) is 0 Å². The van der Waals surface area contributed by atoms with Crippen LogP contribution in [0.1, 0.15) is 52.4 Å². The summed E-state index contributed by atoms with van der Waals surface area (Å²) in [4.78, 5) is 0. The molecule has 0 saturated heterocycles. The molecule has 0 spiro atoms. The zero-order valence-corrected chi connectivity index (χ0v) is 7.77. The molecular formula is C10H19N. The summed E-state index contributed by atoms with van der Waals surface area (Å²) in [5, 5.41) is 8.30. The first-order valence-electron chi connectivity index (χ1n) is 4.72. The molecule has 0 fully saturated rings. The van der Waals surface area contributed by atoms with Gasteiger partial charge in [-0.1, -0.05) is 39.5 Å². The molecule has 0 aromatic carbocycles. The van der Waals surface area contributed by atoms with Crippen LogP contribution in [0.4, 0.5) is 0 Å². The lowest BCUT2D eigenvalue weighted by Crippen LogP contribution is -1.95. The Morgan fingerprint density at radius 1 is 1.18 bits per heavy atom. The van der Waals surface area contributed by atoms with Gasteiger partial charge >= 0.3 is 0 Å². The van der Waals surface area contributed by atoms with E-state index >= 15 is 0 Å². The molecule has 0 rings (SSSR count). The second kappa shape index (κ2) is 7.60. The highest BCUT2D eigenvalue weighted by Crippen LogP contribution is 2.16. The summed E-state index contributed by atoms with van der Waals surface area (Å²) in [5.74, 6) is 0.897. The van der Waals surface area contributed by atoms with Crippen molar-refractivity contribution in [3.8, 4) is 6.07 Å². The van der Waals surface area contributed by atoms with Gasteiger partial charge in [0.05, 0.1) is 6.07 Å². The second-order valence-corrected chi connectivity index (χ2v) is 3.09. The van der Waals surface area contributed by atoms with E-state index < -0.39 is 0 Å². The lowest BCUT2D eigenvalue weighted by Gasteiger charge is -2.10. The van der Waals surface area contributed by atoms with Crippen molar-refractivity contribution in [3.05, 3.63) is 0 Å². The maximum absolute atomic E-state index is 8.30. The van der Waals surface area contributed by atoms with Crippen LogP contribution >= 0.6 is 0 Å². The van der Waals surface area contributed by atoms with Crippen LogP contribution in [0, 0.1) is 17.2 Å². The fourth-order valence-electron chi connectivity index (χ4n) is 1.33. The molecule has 0 radical (unpaired) electrons. The number of hydrogen-bond donors (Lipinski definition) is 0. The quantitative estimate of drug-likeness (QED) is 0.536. The van der Waals surface area contributed by atoms with Gasteiger partial charge in [0, 0.05) is 6.42 Å². The number of nitriles is 1. The van der Waals surface area contributed by atoms with Crippen molar-refractivity contribution in [3.63, 3.8) is 0 Å². The summed E-state index contributed by atoms with van der Waals surface area (Å²) < 4.78 is 0. The van der Waals surface area contributed by atoms with E-state index in [0.29, 0.717) is 0 Å². The normalized spacial score (nSPS) is 10.0. The average Bonchev–Trinajstić information content (AvgIpc) is 2.05. The van der Waals surface area contributed by atoms with E-state index in [0.717, 1.165) is 18.8 Å². The minimum atomic E-state index is 0.736. The smallest absolute Gasteiger partial charge is 0.0621 e. The fraction of sp³-hybridized carbons (Fsp3) is 0.900.